The standard InChI is InChI=1S/C14H28O2/c1-4-16-14(15)12-10-8-6-5-7-9-11-13(2)3/h13H,4-12H2,1-3H3. The first-order chi connectivity index (χ1) is 7.66. The summed E-state index contributed by atoms with van der Waals surface area (Å²) in [7, 11) is 0. The fourth-order valence-electron chi connectivity index (χ4n) is 1.76. The largest absolute Gasteiger partial charge is 0.466 e. The first-order valence-electron chi connectivity index (χ1n) is 6.82. The van der Waals surface area contributed by atoms with E-state index in [1.54, 1.807) is 0 Å². The molecule has 0 radical (unpaired) electrons. The van der Waals surface area contributed by atoms with Crippen LogP contribution in [0.25, 0.3) is 0 Å². The molecule has 0 fully saturated rings. The predicted octanol–water partition coefficient (Wildman–Crippen LogP) is 4.33. The fraction of sp³-hybridized carbons (Fsp3) is 0.929. The Morgan fingerprint density at radius 1 is 1.00 bits per heavy atom. The second kappa shape index (κ2) is 11.0. The minimum absolute atomic E-state index is 0.0395. The highest BCUT2D eigenvalue weighted by Crippen LogP contribution is 2.12. The molecular formula is C14H28O2. The van der Waals surface area contributed by atoms with Crippen LogP contribution in [0.2, 0.25) is 0 Å². The van der Waals surface area contributed by atoms with Crippen molar-refractivity contribution in [2.75, 3.05) is 6.61 Å². The highest BCUT2D eigenvalue weighted by Gasteiger charge is 2.00. The number of ether oxygens (including phenoxy) is 1. The molecule has 0 aromatic rings. The number of unbranched alkanes of at least 4 members (excludes halogenated alkanes) is 5. The molecule has 0 bridgehead atoms. The van der Waals surface area contributed by atoms with Crippen molar-refractivity contribution in [3.05, 3.63) is 0 Å². The van der Waals surface area contributed by atoms with E-state index in [9.17, 15) is 4.79 Å². The molecule has 0 aliphatic carbocycles. The number of hydrogen-bond donors (Lipinski definition) is 0. The van der Waals surface area contributed by atoms with Gasteiger partial charge in [-0.15, -0.1) is 0 Å². The molecule has 0 aromatic heterocycles. The monoisotopic (exact) mass is 228 g/mol. The molecule has 2 heteroatoms. The quantitative estimate of drug-likeness (QED) is 0.411. The molecule has 0 amide bonds. The summed E-state index contributed by atoms with van der Waals surface area (Å²) >= 11 is 0. The molecule has 0 N–H and O–H groups in total. The second-order valence-corrected chi connectivity index (χ2v) is 4.86. The van der Waals surface area contributed by atoms with Crippen LogP contribution in [0.1, 0.15) is 72.1 Å². The smallest absolute Gasteiger partial charge is 0.305 e. The molecule has 0 heterocycles. The van der Waals surface area contributed by atoms with Crippen molar-refractivity contribution in [2.45, 2.75) is 72.1 Å². The van der Waals surface area contributed by atoms with Gasteiger partial charge in [-0.2, -0.15) is 0 Å². The molecule has 0 spiro atoms. The van der Waals surface area contributed by atoms with Crippen LogP contribution >= 0.6 is 0 Å². The molecular weight excluding hydrogens is 200 g/mol. The summed E-state index contributed by atoms with van der Waals surface area (Å²) in [6.45, 7) is 6.92. The average Bonchev–Trinajstić information content (AvgIpc) is 2.22. The Balaban J connectivity index is 3.07. The summed E-state index contributed by atoms with van der Waals surface area (Å²) in [5.41, 5.74) is 0. The fourth-order valence-corrected chi connectivity index (χ4v) is 1.76. The second-order valence-electron chi connectivity index (χ2n) is 4.86. The first kappa shape index (κ1) is 15.5. The van der Waals surface area contributed by atoms with E-state index >= 15 is 0 Å². The topological polar surface area (TPSA) is 26.3 Å². The van der Waals surface area contributed by atoms with Crippen LogP contribution in [0.5, 0.6) is 0 Å². The lowest BCUT2D eigenvalue weighted by Gasteiger charge is -2.04. The van der Waals surface area contributed by atoms with Crippen LogP contribution in [0.4, 0.5) is 0 Å². The Kier molecular flexibility index (Phi) is 10.6. The third-order valence-corrected chi connectivity index (χ3v) is 2.72. The lowest BCUT2D eigenvalue weighted by atomic mass is 10.0. The summed E-state index contributed by atoms with van der Waals surface area (Å²) < 4.78 is 4.87. The molecule has 0 saturated carbocycles. The van der Waals surface area contributed by atoms with Gasteiger partial charge in [0.2, 0.25) is 0 Å². The molecule has 0 aliphatic heterocycles. The summed E-state index contributed by atoms with van der Waals surface area (Å²) in [5, 5.41) is 0. The Hall–Kier alpha value is -0.530. The van der Waals surface area contributed by atoms with Crippen LogP contribution in [-0.2, 0) is 9.53 Å². The lowest BCUT2D eigenvalue weighted by molar-refractivity contribution is -0.143. The molecule has 16 heavy (non-hydrogen) atoms. The third-order valence-electron chi connectivity index (χ3n) is 2.72. The van der Waals surface area contributed by atoms with Crippen LogP contribution in [0, 0.1) is 5.92 Å². The summed E-state index contributed by atoms with van der Waals surface area (Å²) in [4.78, 5) is 11.0. The van der Waals surface area contributed by atoms with Gasteiger partial charge in [0.05, 0.1) is 6.61 Å². The van der Waals surface area contributed by atoms with Gasteiger partial charge in [0.25, 0.3) is 0 Å². The van der Waals surface area contributed by atoms with Crippen molar-refractivity contribution < 1.29 is 9.53 Å². The van der Waals surface area contributed by atoms with Gasteiger partial charge in [-0.05, 0) is 19.3 Å². The molecule has 0 aromatic carbocycles. The van der Waals surface area contributed by atoms with Crippen molar-refractivity contribution in [2.24, 2.45) is 5.92 Å². The number of esters is 1. The Bertz CT molecular complexity index is 164. The van der Waals surface area contributed by atoms with E-state index in [0.29, 0.717) is 13.0 Å². The van der Waals surface area contributed by atoms with Gasteiger partial charge in [-0.25, -0.2) is 0 Å². The minimum Gasteiger partial charge on any atom is -0.466 e. The molecule has 0 rings (SSSR count). The van der Waals surface area contributed by atoms with E-state index in [-0.39, 0.29) is 5.97 Å². The van der Waals surface area contributed by atoms with Crippen molar-refractivity contribution in [3.63, 3.8) is 0 Å². The van der Waals surface area contributed by atoms with Gasteiger partial charge in [-0.1, -0.05) is 52.4 Å². The Morgan fingerprint density at radius 2 is 1.56 bits per heavy atom. The van der Waals surface area contributed by atoms with Crippen LogP contribution in [0.3, 0.4) is 0 Å². The Morgan fingerprint density at radius 3 is 2.12 bits per heavy atom. The van der Waals surface area contributed by atoms with E-state index in [0.717, 1.165) is 12.3 Å². The van der Waals surface area contributed by atoms with E-state index in [4.69, 9.17) is 4.74 Å². The zero-order chi connectivity index (χ0) is 12.2. The van der Waals surface area contributed by atoms with Crippen molar-refractivity contribution >= 4 is 5.97 Å². The van der Waals surface area contributed by atoms with E-state index in [1.165, 1.54) is 38.5 Å². The zero-order valence-electron chi connectivity index (χ0n) is 11.3. The van der Waals surface area contributed by atoms with Gasteiger partial charge in [0.1, 0.15) is 0 Å². The minimum atomic E-state index is -0.0395. The molecule has 96 valence electrons. The zero-order valence-corrected chi connectivity index (χ0v) is 11.3. The highest BCUT2D eigenvalue weighted by molar-refractivity contribution is 5.69. The van der Waals surface area contributed by atoms with Crippen LogP contribution in [0.15, 0.2) is 0 Å². The Labute approximate surface area is 101 Å². The SMILES string of the molecule is CCOC(=O)CCCCCCCCC(C)C. The lowest BCUT2D eigenvalue weighted by Crippen LogP contribution is -2.03. The molecule has 0 saturated heterocycles. The van der Waals surface area contributed by atoms with Gasteiger partial charge in [0, 0.05) is 6.42 Å². The van der Waals surface area contributed by atoms with Gasteiger partial charge in [-0.3, -0.25) is 4.79 Å². The summed E-state index contributed by atoms with van der Waals surface area (Å²) in [6.07, 6.45) is 9.38. The van der Waals surface area contributed by atoms with Crippen molar-refractivity contribution in [1.29, 1.82) is 0 Å². The van der Waals surface area contributed by atoms with E-state index < -0.39 is 0 Å². The number of rotatable bonds is 10. The maximum absolute atomic E-state index is 11.0. The average molecular weight is 228 g/mol. The third kappa shape index (κ3) is 11.5. The summed E-state index contributed by atoms with van der Waals surface area (Å²) in [5.74, 6) is 0.797. The van der Waals surface area contributed by atoms with Gasteiger partial charge in [0.15, 0.2) is 0 Å². The molecule has 2 nitrogen and oxygen atoms in total. The van der Waals surface area contributed by atoms with Crippen LogP contribution in [-0.4, -0.2) is 12.6 Å². The first-order valence-corrected chi connectivity index (χ1v) is 6.82. The van der Waals surface area contributed by atoms with E-state index in [1.807, 2.05) is 6.92 Å². The van der Waals surface area contributed by atoms with Gasteiger partial charge >= 0.3 is 5.97 Å². The predicted molar refractivity (Wildman–Crippen MR) is 68.4 cm³/mol. The number of carbonyl (C=O) groups excluding carboxylic acids is 1. The summed E-state index contributed by atoms with van der Waals surface area (Å²) in [6, 6.07) is 0. The highest BCUT2D eigenvalue weighted by atomic mass is 16.5. The maximum atomic E-state index is 11.0. The van der Waals surface area contributed by atoms with Crippen molar-refractivity contribution in [3.8, 4) is 0 Å². The van der Waals surface area contributed by atoms with E-state index in [2.05, 4.69) is 13.8 Å². The normalized spacial score (nSPS) is 10.8. The molecule has 0 unspecified atom stereocenters. The number of hydrogen-bond acceptors (Lipinski definition) is 2. The number of carbonyl (C=O) groups is 1. The molecule has 0 atom stereocenters. The molecule has 0 aliphatic rings. The maximum Gasteiger partial charge on any atom is 0.305 e. The van der Waals surface area contributed by atoms with Crippen molar-refractivity contribution in [1.82, 2.24) is 0 Å². The van der Waals surface area contributed by atoms with Crippen LogP contribution < -0.4 is 0 Å². The van der Waals surface area contributed by atoms with Gasteiger partial charge < -0.3 is 4.74 Å².